The fourth-order valence-corrected chi connectivity index (χ4v) is 5.93. The third kappa shape index (κ3) is 9.85. The maximum atomic E-state index is 9.96. The van der Waals surface area contributed by atoms with E-state index in [1.54, 1.807) is 0 Å². The van der Waals surface area contributed by atoms with Crippen LogP contribution < -0.4 is 4.74 Å². The van der Waals surface area contributed by atoms with Crippen LogP contribution in [0.15, 0.2) is 48.5 Å². The summed E-state index contributed by atoms with van der Waals surface area (Å²) in [6.07, 6.45) is 21.1. The first-order valence-corrected chi connectivity index (χ1v) is 15.4. The van der Waals surface area contributed by atoms with Gasteiger partial charge in [-0.3, -0.25) is 0 Å². The average Bonchev–Trinajstić information content (AvgIpc) is 2.95. The second-order valence-corrected chi connectivity index (χ2v) is 11.4. The Balaban J connectivity index is 1.42. The van der Waals surface area contributed by atoms with Crippen molar-refractivity contribution in [2.45, 2.75) is 129 Å². The largest absolute Gasteiger partial charge is 0.494 e. The normalized spacial score (nSPS) is 19.4. The molecule has 2 nitrogen and oxygen atoms in total. The zero-order valence-corrected chi connectivity index (χ0v) is 23.8. The van der Waals surface area contributed by atoms with Gasteiger partial charge >= 0.3 is 0 Å². The van der Waals surface area contributed by atoms with Gasteiger partial charge in [0.05, 0.1) is 18.1 Å². The van der Waals surface area contributed by atoms with Crippen LogP contribution in [0.4, 0.5) is 0 Å². The Bertz CT molecular complexity index is 900. The maximum absolute atomic E-state index is 9.96. The van der Waals surface area contributed by atoms with Gasteiger partial charge in [-0.1, -0.05) is 121 Å². The molecule has 0 amide bonds. The summed E-state index contributed by atoms with van der Waals surface area (Å²) in [5.74, 6) is 1.57. The first kappa shape index (κ1) is 29.3. The Hall–Kier alpha value is -2.27. The van der Waals surface area contributed by atoms with Gasteiger partial charge in [0.2, 0.25) is 0 Å². The predicted octanol–water partition coefficient (Wildman–Crippen LogP) is 11.0. The molecule has 1 aliphatic rings. The van der Waals surface area contributed by atoms with Gasteiger partial charge in [-0.2, -0.15) is 5.26 Å². The highest BCUT2D eigenvalue weighted by Crippen LogP contribution is 2.46. The molecule has 0 aromatic heterocycles. The Labute approximate surface area is 227 Å². The van der Waals surface area contributed by atoms with Crippen LogP contribution in [0.3, 0.4) is 0 Å². The summed E-state index contributed by atoms with van der Waals surface area (Å²) in [5.41, 5.74) is 3.87. The molecule has 0 atom stereocenters. The second kappa shape index (κ2) is 16.5. The summed E-state index contributed by atoms with van der Waals surface area (Å²) in [7, 11) is 0. The molecule has 0 heterocycles. The summed E-state index contributed by atoms with van der Waals surface area (Å²) in [4.78, 5) is 0. The van der Waals surface area contributed by atoms with Crippen LogP contribution in [0.25, 0.3) is 11.1 Å². The van der Waals surface area contributed by atoms with Crippen molar-refractivity contribution in [3.63, 3.8) is 0 Å². The van der Waals surface area contributed by atoms with Gasteiger partial charge in [0, 0.05) is 0 Å². The van der Waals surface area contributed by atoms with Crippen LogP contribution in [0.2, 0.25) is 0 Å². The first-order chi connectivity index (χ1) is 18.2. The van der Waals surface area contributed by atoms with Gasteiger partial charge in [-0.05, 0) is 73.3 Å². The topological polar surface area (TPSA) is 33.0 Å². The van der Waals surface area contributed by atoms with E-state index >= 15 is 0 Å². The van der Waals surface area contributed by atoms with Gasteiger partial charge in [-0.15, -0.1) is 0 Å². The molecule has 37 heavy (non-hydrogen) atoms. The number of benzene rings is 2. The fraction of sp³-hybridized carbons (Fsp3) is 0.629. The number of unbranched alkanes of at least 4 members (excludes halogenated alkanes) is 10. The van der Waals surface area contributed by atoms with Crippen LogP contribution in [-0.4, -0.2) is 6.61 Å². The van der Waals surface area contributed by atoms with E-state index < -0.39 is 0 Å². The number of nitrogens with zero attached hydrogens (tertiary/aromatic N) is 1. The van der Waals surface area contributed by atoms with E-state index in [1.807, 2.05) is 0 Å². The zero-order chi connectivity index (χ0) is 26.2. The molecular formula is C35H51NO. The molecule has 2 aromatic rings. The van der Waals surface area contributed by atoms with E-state index in [1.165, 1.54) is 87.3 Å². The van der Waals surface area contributed by atoms with Crippen LogP contribution in [0.1, 0.15) is 134 Å². The minimum Gasteiger partial charge on any atom is -0.494 e. The number of hydrogen-bond acceptors (Lipinski definition) is 2. The highest BCUT2D eigenvalue weighted by Gasteiger charge is 2.35. The molecule has 0 spiro atoms. The van der Waals surface area contributed by atoms with Gasteiger partial charge in [-0.25, -0.2) is 0 Å². The summed E-state index contributed by atoms with van der Waals surface area (Å²) in [5, 5.41) is 9.96. The van der Waals surface area contributed by atoms with E-state index in [9.17, 15) is 5.26 Å². The fourth-order valence-electron chi connectivity index (χ4n) is 5.93. The monoisotopic (exact) mass is 501 g/mol. The van der Waals surface area contributed by atoms with Crippen molar-refractivity contribution >= 4 is 0 Å². The van der Waals surface area contributed by atoms with E-state index in [4.69, 9.17) is 4.74 Å². The summed E-state index contributed by atoms with van der Waals surface area (Å²) in [6.45, 7) is 5.34. The van der Waals surface area contributed by atoms with E-state index in [0.717, 1.165) is 50.9 Å². The van der Waals surface area contributed by atoms with E-state index in [2.05, 4.69) is 68.4 Å². The Kier molecular flexibility index (Phi) is 13.1. The SMILES string of the molecule is CCCCCCCCOc1ccc(-c2ccc([C@H]3CC[C@@](C#N)(CCCCCCCC)CC3)cc2)cc1. The van der Waals surface area contributed by atoms with Crippen LogP contribution in [0.5, 0.6) is 5.75 Å². The molecule has 0 bridgehead atoms. The van der Waals surface area contributed by atoms with Gasteiger partial charge < -0.3 is 4.74 Å². The molecule has 0 radical (unpaired) electrons. The number of hydrogen-bond donors (Lipinski definition) is 0. The molecule has 3 rings (SSSR count). The first-order valence-electron chi connectivity index (χ1n) is 15.4. The van der Waals surface area contributed by atoms with E-state index in [-0.39, 0.29) is 5.41 Å². The van der Waals surface area contributed by atoms with Crippen molar-refractivity contribution in [1.82, 2.24) is 0 Å². The Morgan fingerprint density at radius 3 is 1.78 bits per heavy atom. The molecule has 202 valence electrons. The molecule has 1 aliphatic carbocycles. The smallest absolute Gasteiger partial charge is 0.119 e. The average molecular weight is 502 g/mol. The summed E-state index contributed by atoms with van der Waals surface area (Å²) < 4.78 is 5.95. The van der Waals surface area contributed by atoms with Gasteiger partial charge in [0.15, 0.2) is 0 Å². The van der Waals surface area contributed by atoms with Crippen molar-refractivity contribution in [3.8, 4) is 22.9 Å². The summed E-state index contributed by atoms with van der Waals surface area (Å²) in [6, 6.07) is 20.5. The van der Waals surface area contributed by atoms with E-state index in [0.29, 0.717) is 5.92 Å². The quantitative estimate of drug-likeness (QED) is 0.202. The Morgan fingerprint density at radius 1 is 0.703 bits per heavy atom. The molecular weight excluding hydrogens is 450 g/mol. The molecule has 1 fully saturated rings. The van der Waals surface area contributed by atoms with Crippen molar-refractivity contribution in [1.29, 1.82) is 5.26 Å². The standard InChI is InChI=1S/C35H51NO/c1-3-5-7-9-11-13-25-35(29-36)26-23-33(24-27-35)31-17-15-30(16-18-31)32-19-21-34(22-20-32)37-28-14-12-10-8-6-4-2/h15-22,33H,3-14,23-28H2,1-2H3/t33-,35-. The minimum absolute atomic E-state index is 0.0694. The molecule has 0 aliphatic heterocycles. The highest BCUT2D eigenvalue weighted by molar-refractivity contribution is 5.64. The third-order valence-corrected chi connectivity index (χ3v) is 8.53. The lowest BCUT2D eigenvalue weighted by molar-refractivity contribution is 0.223. The van der Waals surface area contributed by atoms with Crippen molar-refractivity contribution in [2.75, 3.05) is 6.61 Å². The lowest BCUT2D eigenvalue weighted by Crippen LogP contribution is -2.25. The lowest BCUT2D eigenvalue weighted by atomic mass is 9.67. The number of nitriles is 1. The summed E-state index contributed by atoms with van der Waals surface area (Å²) >= 11 is 0. The number of rotatable bonds is 17. The molecule has 0 N–H and O–H groups in total. The minimum atomic E-state index is -0.0694. The van der Waals surface area contributed by atoms with Crippen molar-refractivity contribution < 1.29 is 4.74 Å². The molecule has 2 heteroatoms. The molecule has 0 saturated heterocycles. The van der Waals surface area contributed by atoms with Crippen molar-refractivity contribution in [2.24, 2.45) is 5.41 Å². The van der Waals surface area contributed by atoms with Crippen LogP contribution >= 0.6 is 0 Å². The lowest BCUT2D eigenvalue weighted by Gasteiger charge is -2.35. The second-order valence-electron chi connectivity index (χ2n) is 11.4. The zero-order valence-electron chi connectivity index (χ0n) is 23.8. The molecule has 2 aromatic carbocycles. The van der Waals surface area contributed by atoms with Crippen molar-refractivity contribution in [3.05, 3.63) is 54.1 Å². The number of ether oxygens (including phenoxy) is 1. The van der Waals surface area contributed by atoms with Crippen LogP contribution in [-0.2, 0) is 0 Å². The third-order valence-electron chi connectivity index (χ3n) is 8.53. The van der Waals surface area contributed by atoms with Crippen LogP contribution in [0, 0.1) is 16.7 Å². The predicted molar refractivity (Wildman–Crippen MR) is 158 cm³/mol. The molecule has 0 unspecified atom stereocenters. The maximum Gasteiger partial charge on any atom is 0.119 e. The van der Waals surface area contributed by atoms with Gasteiger partial charge in [0.25, 0.3) is 0 Å². The highest BCUT2D eigenvalue weighted by atomic mass is 16.5. The Morgan fingerprint density at radius 2 is 1.22 bits per heavy atom. The molecule has 1 saturated carbocycles. The van der Waals surface area contributed by atoms with Gasteiger partial charge in [0.1, 0.15) is 5.75 Å².